The summed E-state index contributed by atoms with van der Waals surface area (Å²) >= 11 is 0. The highest BCUT2D eigenvalue weighted by Gasteiger charge is 2.06. The van der Waals surface area contributed by atoms with Crippen LogP contribution in [0.2, 0.25) is 0 Å². The van der Waals surface area contributed by atoms with Crippen LogP contribution < -0.4 is 11.1 Å². The van der Waals surface area contributed by atoms with E-state index in [1.165, 1.54) is 6.33 Å². The number of pyridine rings is 1. The van der Waals surface area contributed by atoms with E-state index in [0.717, 1.165) is 22.3 Å². The molecule has 0 spiro atoms. The van der Waals surface area contributed by atoms with E-state index < -0.39 is 0 Å². The fourth-order valence-corrected chi connectivity index (χ4v) is 1.96. The van der Waals surface area contributed by atoms with Gasteiger partial charge in [-0.05, 0) is 12.1 Å². The number of fused-ring (bicyclic) bond motifs is 1. The number of nitrogen functional groups attached to an aromatic ring is 1. The van der Waals surface area contributed by atoms with Gasteiger partial charge in [-0.3, -0.25) is 4.98 Å². The first-order valence-corrected chi connectivity index (χ1v) is 5.96. The average molecular weight is 251 g/mol. The molecule has 0 saturated heterocycles. The largest absolute Gasteiger partial charge is 0.396 e. The van der Waals surface area contributed by atoms with Gasteiger partial charge in [0.15, 0.2) is 0 Å². The highest BCUT2D eigenvalue weighted by Crippen LogP contribution is 2.27. The molecule has 5 heteroatoms. The van der Waals surface area contributed by atoms with Crippen molar-refractivity contribution in [3.8, 4) is 0 Å². The molecule has 3 N–H and O–H groups in total. The van der Waals surface area contributed by atoms with Crippen LogP contribution in [-0.4, -0.2) is 15.0 Å². The van der Waals surface area contributed by atoms with E-state index in [1.807, 2.05) is 30.3 Å². The topological polar surface area (TPSA) is 76.7 Å². The van der Waals surface area contributed by atoms with Crippen molar-refractivity contribution in [2.24, 2.45) is 0 Å². The zero-order valence-electron chi connectivity index (χ0n) is 10.2. The minimum absolute atomic E-state index is 0.598. The molecule has 3 rings (SSSR count). The molecule has 0 atom stereocenters. The minimum atomic E-state index is 0.598. The standard InChI is InChI=1S/C14H13N5/c15-12-8-17-13-4-2-1-3-11(13)14(12)18-7-10-5-6-16-9-19-10/h1-6,8-9H,7,15H2,(H,17,18). The van der Waals surface area contributed by atoms with Crippen LogP contribution in [0, 0.1) is 0 Å². The SMILES string of the molecule is Nc1cnc2ccccc2c1NCc1ccncn1. The molecule has 0 fully saturated rings. The van der Waals surface area contributed by atoms with Gasteiger partial charge in [0, 0.05) is 11.6 Å². The number of rotatable bonds is 3. The molecular weight excluding hydrogens is 238 g/mol. The Morgan fingerprint density at radius 2 is 2.00 bits per heavy atom. The van der Waals surface area contributed by atoms with E-state index in [9.17, 15) is 0 Å². The van der Waals surface area contributed by atoms with Gasteiger partial charge in [0.2, 0.25) is 0 Å². The second-order valence-electron chi connectivity index (χ2n) is 4.16. The predicted octanol–water partition coefficient (Wildman–Crippen LogP) is 2.22. The van der Waals surface area contributed by atoms with Crippen LogP contribution in [0.15, 0.2) is 49.1 Å². The van der Waals surface area contributed by atoms with E-state index >= 15 is 0 Å². The summed E-state index contributed by atoms with van der Waals surface area (Å²) in [5, 5.41) is 4.33. The molecule has 5 nitrogen and oxygen atoms in total. The summed E-state index contributed by atoms with van der Waals surface area (Å²) in [6.45, 7) is 0.598. The van der Waals surface area contributed by atoms with Crippen LogP contribution >= 0.6 is 0 Å². The molecule has 0 saturated carbocycles. The van der Waals surface area contributed by atoms with Crippen molar-refractivity contribution in [3.05, 3.63) is 54.7 Å². The first kappa shape index (κ1) is 11.4. The maximum atomic E-state index is 5.99. The fraction of sp³-hybridized carbons (Fsp3) is 0.0714. The number of nitrogens with zero attached hydrogens (tertiary/aromatic N) is 3. The van der Waals surface area contributed by atoms with Crippen molar-refractivity contribution >= 4 is 22.3 Å². The van der Waals surface area contributed by atoms with Crippen LogP contribution in [0.4, 0.5) is 11.4 Å². The lowest BCUT2D eigenvalue weighted by Gasteiger charge is -2.11. The Balaban J connectivity index is 1.94. The maximum Gasteiger partial charge on any atom is 0.115 e. The maximum absolute atomic E-state index is 5.99. The number of para-hydroxylation sites is 1. The number of benzene rings is 1. The van der Waals surface area contributed by atoms with Crippen molar-refractivity contribution in [1.82, 2.24) is 15.0 Å². The van der Waals surface area contributed by atoms with Gasteiger partial charge in [-0.2, -0.15) is 0 Å². The molecule has 2 heterocycles. The van der Waals surface area contributed by atoms with Gasteiger partial charge in [0.1, 0.15) is 6.33 Å². The van der Waals surface area contributed by atoms with E-state index in [2.05, 4.69) is 20.3 Å². The Morgan fingerprint density at radius 3 is 2.84 bits per heavy atom. The van der Waals surface area contributed by atoms with E-state index in [-0.39, 0.29) is 0 Å². The molecule has 0 unspecified atom stereocenters. The molecule has 0 aliphatic heterocycles. The molecule has 0 aliphatic rings. The summed E-state index contributed by atoms with van der Waals surface area (Å²) in [5.41, 5.74) is 9.35. The number of hydrogen-bond acceptors (Lipinski definition) is 5. The summed E-state index contributed by atoms with van der Waals surface area (Å²) in [6.07, 6.45) is 4.92. The molecule has 19 heavy (non-hydrogen) atoms. The smallest absolute Gasteiger partial charge is 0.115 e. The van der Waals surface area contributed by atoms with Crippen LogP contribution in [-0.2, 0) is 6.54 Å². The predicted molar refractivity (Wildman–Crippen MR) is 75.5 cm³/mol. The highest BCUT2D eigenvalue weighted by molar-refractivity contribution is 5.96. The number of nitrogens with two attached hydrogens (primary N) is 1. The van der Waals surface area contributed by atoms with Crippen molar-refractivity contribution in [2.45, 2.75) is 6.54 Å². The number of aromatic nitrogens is 3. The third-order valence-corrected chi connectivity index (χ3v) is 2.89. The van der Waals surface area contributed by atoms with Crippen molar-refractivity contribution < 1.29 is 0 Å². The quantitative estimate of drug-likeness (QED) is 0.746. The van der Waals surface area contributed by atoms with Gasteiger partial charge >= 0.3 is 0 Å². The summed E-state index contributed by atoms with van der Waals surface area (Å²) in [6, 6.07) is 9.76. The first-order valence-electron chi connectivity index (χ1n) is 5.96. The molecule has 0 radical (unpaired) electrons. The van der Waals surface area contributed by atoms with Gasteiger partial charge < -0.3 is 11.1 Å². The molecule has 2 aromatic heterocycles. The van der Waals surface area contributed by atoms with Gasteiger partial charge in [-0.15, -0.1) is 0 Å². The Morgan fingerprint density at radius 1 is 1.11 bits per heavy atom. The highest BCUT2D eigenvalue weighted by atomic mass is 14.9. The van der Waals surface area contributed by atoms with Gasteiger partial charge in [0.25, 0.3) is 0 Å². The fourth-order valence-electron chi connectivity index (χ4n) is 1.96. The van der Waals surface area contributed by atoms with Gasteiger partial charge in [-0.1, -0.05) is 18.2 Å². The number of anilines is 2. The van der Waals surface area contributed by atoms with Gasteiger partial charge in [0.05, 0.1) is 35.3 Å². The van der Waals surface area contributed by atoms with E-state index in [0.29, 0.717) is 12.2 Å². The normalized spacial score (nSPS) is 10.5. The monoisotopic (exact) mass is 251 g/mol. The molecule has 94 valence electrons. The molecule has 0 amide bonds. The number of hydrogen-bond donors (Lipinski definition) is 2. The lowest BCUT2D eigenvalue weighted by atomic mass is 10.1. The van der Waals surface area contributed by atoms with Crippen LogP contribution in [0.25, 0.3) is 10.9 Å². The molecular formula is C14H13N5. The Hall–Kier alpha value is -2.69. The molecule has 0 aliphatic carbocycles. The lowest BCUT2D eigenvalue weighted by molar-refractivity contribution is 1.01. The molecule has 0 bridgehead atoms. The zero-order valence-corrected chi connectivity index (χ0v) is 10.2. The number of nitrogens with one attached hydrogen (secondary N) is 1. The van der Waals surface area contributed by atoms with E-state index in [4.69, 9.17) is 5.73 Å². The van der Waals surface area contributed by atoms with Crippen LogP contribution in [0.5, 0.6) is 0 Å². The summed E-state index contributed by atoms with van der Waals surface area (Å²) < 4.78 is 0. The molecule has 3 aromatic rings. The lowest BCUT2D eigenvalue weighted by Crippen LogP contribution is -2.05. The molecule has 1 aromatic carbocycles. The van der Waals surface area contributed by atoms with Crippen molar-refractivity contribution in [2.75, 3.05) is 11.1 Å². The van der Waals surface area contributed by atoms with Crippen molar-refractivity contribution in [1.29, 1.82) is 0 Å². The average Bonchev–Trinajstić information content (AvgIpc) is 2.47. The van der Waals surface area contributed by atoms with Gasteiger partial charge in [-0.25, -0.2) is 9.97 Å². The summed E-state index contributed by atoms with van der Waals surface area (Å²) in [7, 11) is 0. The summed E-state index contributed by atoms with van der Waals surface area (Å²) in [5.74, 6) is 0. The van der Waals surface area contributed by atoms with Crippen molar-refractivity contribution in [3.63, 3.8) is 0 Å². The first-order chi connectivity index (χ1) is 9.34. The van der Waals surface area contributed by atoms with Crippen LogP contribution in [0.3, 0.4) is 0 Å². The Kier molecular flexibility index (Phi) is 2.94. The second-order valence-corrected chi connectivity index (χ2v) is 4.16. The second kappa shape index (κ2) is 4.89. The Labute approximate surface area is 110 Å². The Bertz CT molecular complexity index is 697. The third kappa shape index (κ3) is 2.30. The third-order valence-electron chi connectivity index (χ3n) is 2.89. The van der Waals surface area contributed by atoms with Crippen LogP contribution in [0.1, 0.15) is 5.69 Å². The zero-order chi connectivity index (χ0) is 13.1. The summed E-state index contributed by atoms with van der Waals surface area (Å²) in [4.78, 5) is 12.4. The minimum Gasteiger partial charge on any atom is -0.396 e. The van der Waals surface area contributed by atoms with E-state index in [1.54, 1.807) is 12.4 Å².